The number of hydrogen-bond donors (Lipinski definition) is 4. The lowest BCUT2D eigenvalue weighted by Gasteiger charge is -2.17. The van der Waals surface area contributed by atoms with Crippen molar-refractivity contribution in [2.45, 2.75) is 46.1 Å². The van der Waals surface area contributed by atoms with E-state index in [2.05, 4.69) is 27.4 Å². The number of H-pyrrole nitrogens is 1. The first-order chi connectivity index (χ1) is 14.0. The molecule has 0 aliphatic carbocycles. The molecule has 29 heavy (non-hydrogen) atoms. The van der Waals surface area contributed by atoms with Crippen LogP contribution in [-0.2, 0) is 13.0 Å². The molecule has 3 rings (SSSR count). The van der Waals surface area contributed by atoms with Gasteiger partial charge in [-0.3, -0.25) is 9.89 Å². The molecule has 152 valence electrons. The number of carbonyl (C=O) groups excluding carboxylic acids is 1. The molecule has 0 radical (unpaired) electrons. The minimum Gasteiger partial charge on any atom is -0.507 e. The standard InChI is InChI=1S/C22H26N4O3/c1-3-4-5-8-16-11-17(27)19(15-9-6-7-14(2)10-15)21(28)20(16)22(29)23-12-18-24-13-25-26-18/h6-7,9-11,13,27-28H,3-5,8,12H2,1-2H3,(H,23,29)(H,24,25,26). The summed E-state index contributed by atoms with van der Waals surface area (Å²) in [4.78, 5) is 17.0. The van der Waals surface area contributed by atoms with Crippen molar-refractivity contribution < 1.29 is 15.0 Å². The van der Waals surface area contributed by atoms with Crippen LogP contribution in [0.5, 0.6) is 11.5 Å². The summed E-state index contributed by atoms with van der Waals surface area (Å²) in [6.07, 6.45) is 4.86. The highest BCUT2D eigenvalue weighted by molar-refractivity contribution is 6.01. The maximum absolute atomic E-state index is 13.0. The normalized spacial score (nSPS) is 10.8. The van der Waals surface area contributed by atoms with Gasteiger partial charge in [0.15, 0.2) is 0 Å². The molecular weight excluding hydrogens is 368 g/mol. The van der Waals surface area contributed by atoms with Crippen molar-refractivity contribution >= 4 is 5.91 Å². The fourth-order valence-electron chi connectivity index (χ4n) is 3.38. The Labute approximate surface area is 169 Å². The number of aromatic nitrogens is 3. The van der Waals surface area contributed by atoms with Crippen molar-refractivity contribution in [3.63, 3.8) is 0 Å². The van der Waals surface area contributed by atoms with Gasteiger partial charge in [-0.05, 0) is 37.0 Å². The fraction of sp³-hybridized carbons (Fsp3) is 0.318. The summed E-state index contributed by atoms with van der Waals surface area (Å²) in [7, 11) is 0. The first-order valence-electron chi connectivity index (χ1n) is 9.78. The van der Waals surface area contributed by atoms with Crippen molar-refractivity contribution in [2.24, 2.45) is 0 Å². The van der Waals surface area contributed by atoms with E-state index in [-0.39, 0.29) is 29.2 Å². The van der Waals surface area contributed by atoms with E-state index < -0.39 is 5.91 Å². The molecule has 7 heteroatoms. The van der Waals surface area contributed by atoms with Crippen LogP contribution < -0.4 is 5.32 Å². The maximum Gasteiger partial charge on any atom is 0.255 e. The number of aromatic hydroxyl groups is 2. The van der Waals surface area contributed by atoms with Crippen LogP contribution in [0.2, 0.25) is 0 Å². The van der Waals surface area contributed by atoms with Crippen molar-refractivity contribution in [3.05, 3.63) is 59.2 Å². The average molecular weight is 394 g/mol. The number of hydrogen-bond acceptors (Lipinski definition) is 5. The van der Waals surface area contributed by atoms with Gasteiger partial charge in [0.05, 0.1) is 17.7 Å². The zero-order chi connectivity index (χ0) is 20.8. The van der Waals surface area contributed by atoms with Gasteiger partial charge >= 0.3 is 0 Å². The van der Waals surface area contributed by atoms with Crippen LogP contribution >= 0.6 is 0 Å². The van der Waals surface area contributed by atoms with E-state index in [9.17, 15) is 15.0 Å². The highest BCUT2D eigenvalue weighted by Crippen LogP contribution is 2.42. The number of aryl methyl sites for hydroxylation is 2. The first-order valence-corrected chi connectivity index (χ1v) is 9.78. The lowest BCUT2D eigenvalue weighted by molar-refractivity contribution is 0.0946. The molecule has 0 fully saturated rings. The van der Waals surface area contributed by atoms with Crippen LogP contribution in [0.1, 0.15) is 53.5 Å². The summed E-state index contributed by atoms with van der Waals surface area (Å²) in [6.45, 7) is 4.19. The molecule has 1 aromatic heterocycles. The van der Waals surface area contributed by atoms with Crippen LogP contribution in [0.3, 0.4) is 0 Å². The van der Waals surface area contributed by atoms with Gasteiger partial charge in [0, 0.05) is 0 Å². The van der Waals surface area contributed by atoms with Gasteiger partial charge in [-0.2, -0.15) is 5.10 Å². The average Bonchev–Trinajstić information content (AvgIpc) is 3.20. The molecule has 0 saturated carbocycles. The van der Waals surface area contributed by atoms with Crippen molar-refractivity contribution in [2.75, 3.05) is 0 Å². The van der Waals surface area contributed by atoms with Crippen molar-refractivity contribution in [1.29, 1.82) is 0 Å². The third kappa shape index (κ3) is 4.74. The lowest BCUT2D eigenvalue weighted by atomic mass is 9.92. The molecule has 1 amide bonds. The van der Waals surface area contributed by atoms with Gasteiger partial charge in [-0.25, -0.2) is 4.98 Å². The minimum absolute atomic E-state index is 0.0358. The van der Waals surface area contributed by atoms with E-state index in [0.29, 0.717) is 23.4 Å². The molecule has 0 atom stereocenters. The predicted octanol–water partition coefficient (Wildman–Crippen LogP) is 3.85. The number of amides is 1. The van der Waals surface area contributed by atoms with E-state index >= 15 is 0 Å². The minimum atomic E-state index is -0.417. The summed E-state index contributed by atoms with van der Waals surface area (Å²) in [5, 5.41) is 30.9. The van der Waals surface area contributed by atoms with Crippen molar-refractivity contribution in [1.82, 2.24) is 20.5 Å². The number of aromatic amines is 1. The smallest absolute Gasteiger partial charge is 0.255 e. The fourth-order valence-corrected chi connectivity index (χ4v) is 3.38. The number of rotatable bonds is 8. The van der Waals surface area contributed by atoms with Gasteiger partial charge in [-0.1, -0.05) is 49.6 Å². The van der Waals surface area contributed by atoms with Crippen molar-refractivity contribution in [3.8, 4) is 22.6 Å². The number of nitrogens with zero attached hydrogens (tertiary/aromatic N) is 2. The van der Waals surface area contributed by atoms with E-state index in [1.807, 2.05) is 25.1 Å². The number of benzene rings is 2. The predicted molar refractivity (Wildman–Crippen MR) is 111 cm³/mol. The third-order valence-electron chi connectivity index (χ3n) is 4.83. The Kier molecular flexibility index (Phi) is 6.49. The monoisotopic (exact) mass is 394 g/mol. The van der Waals surface area contributed by atoms with Crippen LogP contribution in [0.4, 0.5) is 0 Å². The Morgan fingerprint density at radius 3 is 2.72 bits per heavy atom. The quantitative estimate of drug-likeness (QED) is 0.434. The summed E-state index contributed by atoms with van der Waals surface area (Å²) < 4.78 is 0. The Morgan fingerprint density at radius 2 is 2.03 bits per heavy atom. The summed E-state index contributed by atoms with van der Waals surface area (Å²) in [5.74, 6) is -0.147. The molecule has 4 N–H and O–H groups in total. The number of nitrogens with one attached hydrogen (secondary N) is 2. The van der Waals surface area contributed by atoms with Gasteiger partial charge in [0.25, 0.3) is 5.91 Å². The van der Waals surface area contributed by atoms with E-state index in [0.717, 1.165) is 24.8 Å². The molecule has 3 aromatic rings. The topological polar surface area (TPSA) is 111 Å². The molecule has 0 aliphatic heterocycles. The number of phenolic OH excluding ortho intramolecular Hbond substituents is 2. The second-order valence-electron chi connectivity index (χ2n) is 7.09. The van der Waals surface area contributed by atoms with Gasteiger partial charge < -0.3 is 15.5 Å². The summed E-state index contributed by atoms with van der Waals surface area (Å²) in [6, 6.07) is 9.04. The Hall–Kier alpha value is -3.35. The van der Waals surface area contributed by atoms with E-state index in [4.69, 9.17) is 0 Å². The number of carbonyl (C=O) groups is 1. The highest BCUT2D eigenvalue weighted by Gasteiger charge is 2.23. The van der Waals surface area contributed by atoms with Gasteiger partial charge in [-0.15, -0.1) is 0 Å². The van der Waals surface area contributed by atoms with Crippen LogP contribution in [0.25, 0.3) is 11.1 Å². The second kappa shape index (κ2) is 9.23. The largest absolute Gasteiger partial charge is 0.507 e. The third-order valence-corrected chi connectivity index (χ3v) is 4.83. The Bertz CT molecular complexity index is 984. The van der Waals surface area contributed by atoms with Crippen LogP contribution in [0.15, 0.2) is 36.7 Å². The van der Waals surface area contributed by atoms with E-state index in [1.54, 1.807) is 12.1 Å². The maximum atomic E-state index is 13.0. The molecule has 7 nitrogen and oxygen atoms in total. The number of phenols is 2. The Morgan fingerprint density at radius 1 is 1.21 bits per heavy atom. The Balaban J connectivity index is 2.01. The molecule has 0 unspecified atom stereocenters. The molecular formula is C22H26N4O3. The molecule has 0 spiro atoms. The molecule has 0 saturated heterocycles. The highest BCUT2D eigenvalue weighted by atomic mass is 16.3. The number of unbranched alkanes of at least 4 members (excludes halogenated alkanes) is 2. The second-order valence-corrected chi connectivity index (χ2v) is 7.09. The van der Waals surface area contributed by atoms with Crippen LogP contribution in [0, 0.1) is 6.92 Å². The molecule has 0 aliphatic rings. The SMILES string of the molecule is CCCCCc1cc(O)c(-c2cccc(C)c2)c(O)c1C(=O)NCc1ncn[nH]1. The zero-order valence-corrected chi connectivity index (χ0v) is 16.7. The summed E-state index contributed by atoms with van der Waals surface area (Å²) in [5.41, 5.74) is 2.72. The van der Waals surface area contributed by atoms with Crippen LogP contribution in [-0.4, -0.2) is 31.3 Å². The molecule has 2 aromatic carbocycles. The summed E-state index contributed by atoms with van der Waals surface area (Å²) >= 11 is 0. The van der Waals surface area contributed by atoms with Gasteiger partial charge in [0.1, 0.15) is 23.7 Å². The molecule has 1 heterocycles. The lowest BCUT2D eigenvalue weighted by Crippen LogP contribution is -2.25. The van der Waals surface area contributed by atoms with Gasteiger partial charge in [0.2, 0.25) is 0 Å². The van der Waals surface area contributed by atoms with E-state index in [1.165, 1.54) is 6.33 Å². The molecule has 0 bridgehead atoms. The first kappa shape index (κ1) is 20.4. The zero-order valence-electron chi connectivity index (χ0n) is 16.7.